The third-order valence-electron chi connectivity index (χ3n) is 14.0. The van der Waals surface area contributed by atoms with Crippen molar-refractivity contribution in [2.75, 3.05) is 6.54 Å². The van der Waals surface area contributed by atoms with Gasteiger partial charge in [-0.25, -0.2) is 24.0 Å². The third kappa shape index (κ3) is 23.7. The summed E-state index contributed by atoms with van der Waals surface area (Å²) in [6.45, 7) is 8.15. The number of hydrogen-bond acceptors (Lipinski definition) is 14. The van der Waals surface area contributed by atoms with Crippen molar-refractivity contribution in [2.45, 2.75) is 129 Å². The first kappa shape index (κ1) is 68.3. The Morgan fingerprint density at radius 1 is 0.440 bits per heavy atom. The van der Waals surface area contributed by atoms with E-state index in [9.17, 15) is 39.0 Å². The summed E-state index contributed by atoms with van der Waals surface area (Å²) in [6.07, 6.45) is -5.23. The van der Waals surface area contributed by atoms with Crippen molar-refractivity contribution in [3.8, 4) is 22.6 Å². The molecule has 0 saturated carbocycles. The van der Waals surface area contributed by atoms with Crippen LogP contribution in [0.4, 0.5) is 14.4 Å². The number of nitrogens with one attached hydrogen (secondary N) is 5. The predicted molar refractivity (Wildman–Crippen MR) is 340 cm³/mol. The number of carbonyl (C=O) groups is 7. The first-order valence-corrected chi connectivity index (χ1v) is 30.0. The topological polar surface area (TPSA) is 275 Å². The standard InChI is InChI=1S/C71H79N5O15/c1-47(2)35-61(67(82)88-44-50-25-15-8-16-26-50)74-64(78)58(73-65(79)59(75-70(85)91-71(3,4)5)40-57(77)41-72-68(83)89-45-51-27-17-9-18-28-51)38-55-36-53(31-33-62(55)86-42-48-21-11-6-12-22-48)54-32-34-63(87-43-49-23-13-7-14-24-49)56(37-54)39-60(66(80)81)76-69(84)90-46-52-29-19-10-20-30-52/h6-34,36-37,47,57-61,77H,35,38-46H2,1-5H3,(H,72,83)(H,73,79)(H,74,78)(H,75,85)(H,76,84)(H,80,81)/t57-,58+,59+,60+,61+/m1/s1. The first-order chi connectivity index (χ1) is 43.7. The molecule has 0 aromatic heterocycles. The monoisotopic (exact) mass is 1240 g/mol. The smallest absolute Gasteiger partial charge is 0.408 e. The van der Waals surface area contributed by atoms with E-state index in [0.717, 1.165) is 16.7 Å². The minimum absolute atomic E-state index is 0.0554. The molecule has 5 atom stereocenters. The van der Waals surface area contributed by atoms with Gasteiger partial charge in [-0.05, 0) is 107 Å². The molecule has 5 amide bonds. The second kappa shape index (κ2) is 34.5. The zero-order valence-corrected chi connectivity index (χ0v) is 51.6. The van der Waals surface area contributed by atoms with Gasteiger partial charge in [0.05, 0.1) is 6.10 Å². The van der Waals surface area contributed by atoms with Crippen LogP contribution in [-0.2, 0) is 84.0 Å². The quantitative estimate of drug-likeness (QED) is 0.0157. The summed E-state index contributed by atoms with van der Waals surface area (Å²) in [5.41, 5.74) is 4.61. The maximum Gasteiger partial charge on any atom is 0.408 e. The maximum absolute atomic E-state index is 15.2. The number of benzene rings is 7. The summed E-state index contributed by atoms with van der Waals surface area (Å²) in [4.78, 5) is 96.5. The lowest BCUT2D eigenvalue weighted by Crippen LogP contribution is -2.57. The van der Waals surface area contributed by atoms with Crippen LogP contribution in [0.1, 0.15) is 86.4 Å². The lowest BCUT2D eigenvalue weighted by Gasteiger charge is -2.28. The summed E-state index contributed by atoms with van der Waals surface area (Å²) in [7, 11) is 0. The Kier molecular flexibility index (Phi) is 25.9. The molecule has 0 bridgehead atoms. The number of aliphatic hydroxyl groups is 1. The average molecular weight is 1240 g/mol. The van der Waals surface area contributed by atoms with Gasteiger partial charge >= 0.3 is 30.2 Å². The van der Waals surface area contributed by atoms with Crippen molar-refractivity contribution in [3.63, 3.8) is 0 Å². The summed E-state index contributed by atoms with van der Waals surface area (Å²) < 4.78 is 34.9. The Hall–Kier alpha value is -10.2. The van der Waals surface area contributed by atoms with Crippen LogP contribution in [-0.4, -0.2) is 94.7 Å². The molecule has 7 rings (SSSR count). The number of rotatable bonds is 31. The molecule has 7 aromatic rings. The number of ether oxygens (including phenoxy) is 6. The van der Waals surface area contributed by atoms with E-state index in [0.29, 0.717) is 39.1 Å². The van der Waals surface area contributed by atoms with E-state index in [-0.39, 0.29) is 64.0 Å². The van der Waals surface area contributed by atoms with E-state index in [1.807, 2.05) is 92.7 Å². The van der Waals surface area contributed by atoms with Gasteiger partial charge in [0.2, 0.25) is 11.8 Å². The van der Waals surface area contributed by atoms with Gasteiger partial charge in [0.1, 0.15) is 74.3 Å². The molecule has 0 radical (unpaired) electrons. The van der Waals surface area contributed by atoms with E-state index in [4.69, 9.17) is 28.4 Å². The number of aliphatic hydroxyl groups excluding tert-OH is 1. The van der Waals surface area contributed by atoms with Crippen LogP contribution >= 0.6 is 0 Å². The number of carboxylic acids is 1. The Bertz CT molecular complexity index is 3480. The third-order valence-corrected chi connectivity index (χ3v) is 14.0. The van der Waals surface area contributed by atoms with E-state index in [2.05, 4.69) is 26.6 Å². The van der Waals surface area contributed by atoms with Crippen LogP contribution in [0, 0.1) is 5.92 Å². The molecule has 0 aliphatic heterocycles. The number of carboxylic acid groups (broad SMARTS) is 1. The van der Waals surface area contributed by atoms with Gasteiger partial charge in [-0.15, -0.1) is 0 Å². The highest BCUT2D eigenvalue weighted by molar-refractivity contribution is 5.93. The molecule has 0 spiro atoms. The van der Waals surface area contributed by atoms with Crippen LogP contribution in [0.15, 0.2) is 188 Å². The van der Waals surface area contributed by atoms with Crippen molar-refractivity contribution in [3.05, 3.63) is 227 Å². The Morgan fingerprint density at radius 2 is 0.835 bits per heavy atom. The molecule has 0 saturated heterocycles. The largest absolute Gasteiger partial charge is 0.489 e. The Labute approximate surface area is 530 Å². The van der Waals surface area contributed by atoms with Gasteiger partial charge in [-0.3, -0.25) is 9.59 Å². The molecule has 20 nitrogen and oxygen atoms in total. The van der Waals surface area contributed by atoms with Crippen LogP contribution in [0.5, 0.6) is 11.5 Å². The van der Waals surface area contributed by atoms with Gasteiger partial charge in [-0.2, -0.15) is 0 Å². The zero-order valence-electron chi connectivity index (χ0n) is 51.6. The molecule has 0 heterocycles. The molecule has 0 fully saturated rings. The fraction of sp³-hybridized carbons (Fsp3) is 0.310. The molecule has 20 heteroatoms. The van der Waals surface area contributed by atoms with Crippen molar-refractivity contribution in [1.29, 1.82) is 0 Å². The van der Waals surface area contributed by atoms with Crippen molar-refractivity contribution in [1.82, 2.24) is 26.6 Å². The molecule has 478 valence electrons. The first-order valence-electron chi connectivity index (χ1n) is 30.0. The van der Waals surface area contributed by atoms with Gasteiger partial charge in [0.25, 0.3) is 0 Å². The fourth-order valence-corrected chi connectivity index (χ4v) is 9.42. The van der Waals surface area contributed by atoms with Gasteiger partial charge in [-0.1, -0.05) is 178 Å². The minimum atomic E-state index is -1.60. The van der Waals surface area contributed by atoms with Gasteiger partial charge < -0.3 is 65.2 Å². The molecule has 7 N–H and O–H groups in total. The second-order valence-electron chi connectivity index (χ2n) is 23.1. The van der Waals surface area contributed by atoms with Crippen LogP contribution in [0.25, 0.3) is 11.1 Å². The number of hydrogen-bond donors (Lipinski definition) is 7. The average Bonchev–Trinajstić information content (AvgIpc) is 1.07. The van der Waals surface area contributed by atoms with Crippen LogP contribution in [0.2, 0.25) is 0 Å². The zero-order chi connectivity index (χ0) is 65.1. The Balaban J connectivity index is 1.25. The fourth-order valence-electron chi connectivity index (χ4n) is 9.42. The molecule has 91 heavy (non-hydrogen) atoms. The SMILES string of the molecule is CC(C)C[C@H](NC(=O)[C@H](Cc1cc(-c2ccc(OCc3ccccc3)c(C[C@H](NC(=O)OCc3ccccc3)C(=O)O)c2)ccc1OCc1ccccc1)NC(=O)[C@H](C[C@@H](O)CNC(=O)OCc1ccccc1)NC(=O)OC(C)(C)C)C(=O)OCc1ccccc1. The summed E-state index contributed by atoms with van der Waals surface area (Å²) >= 11 is 0. The summed E-state index contributed by atoms with van der Waals surface area (Å²) in [5, 5.41) is 35.1. The lowest BCUT2D eigenvalue weighted by atomic mass is 9.94. The number of carbonyl (C=O) groups excluding carboxylic acids is 6. The van der Waals surface area contributed by atoms with Crippen LogP contribution in [0.3, 0.4) is 0 Å². The predicted octanol–water partition coefficient (Wildman–Crippen LogP) is 10.3. The number of amides is 5. The lowest BCUT2D eigenvalue weighted by molar-refractivity contribution is -0.150. The number of aliphatic carboxylic acids is 1. The minimum Gasteiger partial charge on any atom is -0.489 e. The Morgan fingerprint density at radius 3 is 1.27 bits per heavy atom. The summed E-state index contributed by atoms with van der Waals surface area (Å²) in [5.74, 6) is -3.36. The van der Waals surface area contributed by atoms with Gasteiger partial charge in [0.15, 0.2) is 0 Å². The van der Waals surface area contributed by atoms with Crippen molar-refractivity contribution in [2.24, 2.45) is 5.92 Å². The molecular weight excluding hydrogens is 1160 g/mol. The number of alkyl carbamates (subject to hydrolysis) is 3. The maximum atomic E-state index is 15.2. The van der Waals surface area contributed by atoms with Crippen molar-refractivity contribution < 1.29 is 72.2 Å². The summed E-state index contributed by atoms with van der Waals surface area (Å²) in [6, 6.07) is 50.1. The van der Waals surface area contributed by atoms with Gasteiger partial charge in [0, 0.05) is 25.8 Å². The van der Waals surface area contributed by atoms with Crippen molar-refractivity contribution >= 4 is 42.0 Å². The van der Waals surface area contributed by atoms with E-state index < -0.39 is 90.9 Å². The molecule has 7 aromatic carbocycles. The number of esters is 1. The highest BCUT2D eigenvalue weighted by Crippen LogP contribution is 2.33. The van der Waals surface area contributed by atoms with E-state index in [1.54, 1.807) is 130 Å². The molecule has 0 aliphatic rings. The van der Waals surface area contributed by atoms with E-state index >= 15 is 4.79 Å². The molecular formula is C71H79N5O15. The molecule has 0 unspecified atom stereocenters. The van der Waals surface area contributed by atoms with Crippen LogP contribution < -0.4 is 36.1 Å². The molecule has 0 aliphatic carbocycles. The normalized spacial score (nSPS) is 12.7. The second-order valence-corrected chi connectivity index (χ2v) is 23.1. The highest BCUT2D eigenvalue weighted by Gasteiger charge is 2.34. The van der Waals surface area contributed by atoms with E-state index in [1.165, 1.54) is 0 Å². The highest BCUT2D eigenvalue weighted by atomic mass is 16.6.